The van der Waals surface area contributed by atoms with Crippen LogP contribution in [0.5, 0.6) is 0 Å². The van der Waals surface area contributed by atoms with Crippen molar-refractivity contribution >= 4 is 17.7 Å². The molecule has 0 saturated carbocycles. The number of amides is 2. The molecule has 0 radical (unpaired) electrons. The fourth-order valence-corrected chi connectivity index (χ4v) is 1.94. The molecule has 0 aliphatic carbocycles. The van der Waals surface area contributed by atoms with E-state index in [0.717, 1.165) is 11.0 Å². The van der Waals surface area contributed by atoms with Crippen molar-refractivity contribution in [2.24, 2.45) is 0 Å². The number of morpholine rings is 1. The van der Waals surface area contributed by atoms with E-state index in [9.17, 15) is 14.0 Å². The second kappa shape index (κ2) is 6.19. The first-order valence-corrected chi connectivity index (χ1v) is 6.10. The van der Waals surface area contributed by atoms with Gasteiger partial charge in [0.2, 0.25) is 0 Å². The summed E-state index contributed by atoms with van der Waals surface area (Å²) in [5.74, 6) is -1.85. The van der Waals surface area contributed by atoms with Crippen molar-refractivity contribution in [2.75, 3.05) is 25.1 Å². The summed E-state index contributed by atoms with van der Waals surface area (Å²) >= 11 is 0. The Hall–Kier alpha value is -2.66. The van der Waals surface area contributed by atoms with E-state index in [1.54, 1.807) is 6.07 Å². The number of carbonyl (C=O) groups excluding carboxylic acids is 1. The van der Waals surface area contributed by atoms with E-state index in [1.165, 1.54) is 12.1 Å². The Kier molecular flexibility index (Phi) is 4.35. The third-order valence-electron chi connectivity index (χ3n) is 3.01. The first kappa shape index (κ1) is 14.7. The van der Waals surface area contributed by atoms with Crippen LogP contribution in [-0.2, 0) is 9.53 Å². The number of anilines is 1. The Morgan fingerprint density at radius 3 is 2.95 bits per heavy atom. The van der Waals surface area contributed by atoms with E-state index in [0.29, 0.717) is 0 Å². The van der Waals surface area contributed by atoms with Gasteiger partial charge in [-0.1, -0.05) is 0 Å². The van der Waals surface area contributed by atoms with E-state index >= 15 is 0 Å². The number of benzene rings is 1. The van der Waals surface area contributed by atoms with Crippen LogP contribution in [0.2, 0.25) is 0 Å². The third kappa shape index (κ3) is 3.27. The van der Waals surface area contributed by atoms with Crippen molar-refractivity contribution in [3.8, 4) is 6.07 Å². The van der Waals surface area contributed by atoms with Crippen molar-refractivity contribution in [3.63, 3.8) is 0 Å². The third-order valence-corrected chi connectivity index (χ3v) is 3.01. The summed E-state index contributed by atoms with van der Waals surface area (Å²) in [7, 11) is 0. The van der Waals surface area contributed by atoms with Crippen LogP contribution in [0, 0.1) is 17.1 Å². The van der Waals surface area contributed by atoms with Crippen LogP contribution in [0.1, 0.15) is 5.56 Å². The zero-order valence-electron chi connectivity index (χ0n) is 10.9. The molecule has 1 aromatic carbocycles. The fraction of sp³-hybridized carbons (Fsp3) is 0.308. The van der Waals surface area contributed by atoms with Crippen molar-refractivity contribution in [3.05, 3.63) is 29.6 Å². The van der Waals surface area contributed by atoms with Crippen LogP contribution in [0.3, 0.4) is 0 Å². The highest BCUT2D eigenvalue weighted by Crippen LogP contribution is 2.16. The minimum absolute atomic E-state index is 0.0877. The van der Waals surface area contributed by atoms with E-state index in [1.807, 2.05) is 0 Å². The molecule has 8 heteroatoms. The predicted molar refractivity (Wildman–Crippen MR) is 69.1 cm³/mol. The molecular formula is C13H12FN3O4. The Bertz CT molecular complexity index is 614. The fourth-order valence-electron chi connectivity index (χ4n) is 1.94. The molecule has 1 aromatic rings. The number of carbonyl (C=O) groups is 2. The maximum Gasteiger partial charge on any atom is 0.328 e. The number of nitrogens with zero attached hydrogens (tertiary/aromatic N) is 2. The van der Waals surface area contributed by atoms with Gasteiger partial charge in [-0.3, -0.25) is 0 Å². The molecule has 110 valence electrons. The van der Waals surface area contributed by atoms with Gasteiger partial charge in [-0.05, 0) is 18.2 Å². The molecule has 2 rings (SSSR count). The number of hydrogen-bond donors (Lipinski definition) is 2. The van der Waals surface area contributed by atoms with Gasteiger partial charge >= 0.3 is 12.0 Å². The van der Waals surface area contributed by atoms with E-state index < -0.39 is 23.9 Å². The topological polar surface area (TPSA) is 103 Å². The first-order chi connectivity index (χ1) is 10.0. The molecule has 21 heavy (non-hydrogen) atoms. The summed E-state index contributed by atoms with van der Waals surface area (Å²) in [6.07, 6.45) is 0. The van der Waals surface area contributed by atoms with Gasteiger partial charge in [0.15, 0.2) is 6.04 Å². The van der Waals surface area contributed by atoms with Gasteiger partial charge in [0.25, 0.3) is 0 Å². The number of aliphatic carboxylic acids is 1. The lowest BCUT2D eigenvalue weighted by Gasteiger charge is -2.32. The van der Waals surface area contributed by atoms with E-state index in [4.69, 9.17) is 15.1 Å². The molecule has 1 atom stereocenters. The SMILES string of the molecule is N#Cc1cc(NC(=O)N2CCOCC2C(=O)O)ccc1F. The molecule has 0 spiro atoms. The Morgan fingerprint density at radius 1 is 1.52 bits per heavy atom. The predicted octanol–water partition coefficient (Wildman–Crippen LogP) is 1.01. The average molecular weight is 293 g/mol. The summed E-state index contributed by atoms with van der Waals surface area (Å²) < 4.78 is 18.2. The van der Waals surface area contributed by atoms with E-state index in [-0.39, 0.29) is 31.0 Å². The number of carboxylic acids is 1. The van der Waals surface area contributed by atoms with E-state index in [2.05, 4.69) is 5.32 Å². The van der Waals surface area contributed by atoms with Crippen molar-refractivity contribution in [1.82, 2.24) is 4.90 Å². The molecule has 1 saturated heterocycles. The summed E-state index contributed by atoms with van der Waals surface area (Å²) in [6.45, 7) is 0.286. The van der Waals surface area contributed by atoms with Crippen LogP contribution in [0.25, 0.3) is 0 Å². The molecule has 0 aromatic heterocycles. The number of nitriles is 1. The minimum Gasteiger partial charge on any atom is -0.480 e. The number of ether oxygens (including phenoxy) is 1. The van der Waals surface area contributed by atoms with Gasteiger partial charge in [-0.25, -0.2) is 14.0 Å². The molecule has 7 nitrogen and oxygen atoms in total. The van der Waals surface area contributed by atoms with Crippen LogP contribution in [0.15, 0.2) is 18.2 Å². The Labute approximate surface area is 119 Å². The lowest BCUT2D eigenvalue weighted by atomic mass is 10.2. The van der Waals surface area contributed by atoms with Gasteiger partial charge in [0.05, 0.1) is 18.8 Å². The second-order valence-corrected chi connectivity index (χ2v) is 4.36. The Morgan fingerprint density at radius 2 is 2.29 bits per heavy atom. The maximum absolute atomic E-state index is 13.2. The molecule has 1 aliphatic heterocycles. The van der Waals surface area contributed by atoms with Crippen LogP contribution in [0.4, 0.5) is 14.9 Å². The van der Waals surface area contributed by atoms with Crippen molar-refractivity contribution in [2.45, 2.75) is 6.04 Å². The van der Waals surface area contributed by atoms with Gasteiger partial charge < -0.3 is 20.1 Å². The number of carboxylic acid groups (broad SMARTS) is 1. The molecule has 1 aliphatic rings. The molecule has 1 heterocycles. The lowest BCUT2D eigenvalue weighted by molar-refractivity contribution is -0.147. The number of nitrogens with one attached hydrogen (secondary N) is 1. The normalized spacial score (nSPS) is 17.9. The lowest BCUT2D eigenvalue weighted by Crippen LogP contribution is -2.53. The zero-order valence-corrected chi connectivity index (χ0v) is 10.9. The number of halogens is 1. The van der Waals surface area contributed by atoms with Gasteiger partial charge in [-0.2, -0.15) is 5.26 Å². The number of rotatable bonds is 2. The van der Waals surface area contributed by atoms with Crippen LogP contribution >= 0.6 is 0 Å². The van der Waals surface area contributed by atoms with Crippen molar-refractivity contribution < 1.29 is 23.8 Å². The quantitative estimate of drug-likeness (QED) is 0.847. The molecule has 2 amide bonds. The molecular weight excluding hydrogens is 281 g/mol. The highest BCUT2D eigenvalue weighted by Gasteiger charge is 2.32. The molecule has 1 fully saturated rings. The van der Waals surface area contributed by atoms with Crippen molar-refractivity contribution in [1.29, 1.82) is 5.26 Å². The summed E-state index contributed by atoms with van der Waals surface area (Å²) in [5, 5.41) is 20.2. The summed E-state index contributed by atoms with van der Waals surface area (Å²) in [5.41, 5.74) is 0.0122. The molecule has 1 unspecified atom stereocenters. The standard InChI is InChI=1S/C13H12FN3O4/c14-10-2-1-9(5-8(10)6-15)16-13(20)17-3-4-21-7-11(17)12(18)19/h1-2,5,11H,3-4,7H2,(H,16,20)(H,18,19). The smallest absolute Gasteiger partial charge is 0.328 e. The Balaban J connectivity index is 2.13. The number of hydrogen-bond acceptors (Lipinski definition) is 4. The first-order valence-electron chi connectivity index (χ1n) is 6.10. The largest absolute Gasteiger partial charge is 0.480 e. The van der Waals surface area contributed by atoms with Gasteiger partial charge in [0.1, 0.15) is 11.9 Å². The van der Waals surface area contributed by atoms with Gasteiger partial charge in [-0.15, -0.1) is 0 Å². The summed E-state index contributed by atoms with van der Waals surface area (Å²) in [6, 6.07) is 3.49. The second-order valence-electron chi connectivity index (χ2n) is 4.36. The highest BCUT2D eigenvalue weighted by atomic mass is 19.1. The highest BCUT2D eigenvalue weighted by molar-refractivity contribution is 5.92. The van der Waals surface area contributed by atoms with Gasteiger partial charge in [0, 0.05) is 12.2 Å². The van der Waals surface area contributed by atoms with Crippen LogP contribution < -0.4 is 5.32 Å². The number of urea groups is 1. The van der Waals surface area contributed by atoms with Crippen LogP contribution in [-0.4, -0.2) is 47.8 Å². The monoisotopic (exact) mass is 293 g/mol. The molecule has 0 bridgehead atoms. The molecule has 2 N–H and O–H groups in total. The minimum atomic E-state index is -1.17. The maximum atomic E-state index is 13.2. The summed E-state index contributed by atoms with van der Waals surface area (Å²) in [4.78, 5) is 24.3. The average Bonchev–Trinajstić information content (AvgIpc) is 2.49. The zero-order chi connectivity index (χ0) is 15.4.